The van der Waals surface area contributed by atoms with Crippen LogP contribution in [0.1, 0.15) is 17.7 Å². The molecule has 6 heteroatoms. The zero-order valence-electron chi connectivity index (χ0n) is 9.77. The maximum atomic E-state index is 11.8. The molecule has 4 nitrogen and oxygen atoms in total. The molecule has 0 saturated carbocycles. The minimum Gasteiger partial charge on any atom is -0.389 e. The number of amides is 1. The van der Waals surface area contributed by atoms with Crippen molar-refractivity contribution in [2.45, 2.75) is 18.9 Å². The standard InChI is InChI=1S/C11H16ClNO3S/c1-7(9-3-4-10(12)17-9)11(15)13-5-8(14)6-16-2/h3-4,7-8,14H,5-6H2,1-2H3,(H,13,15)/t7-,8-/m0/s1. The molecule has 0 aliphatic carbocycles. The van der Waals surface area contributed by atoms with Gasteiger partial charge >= 0.3 is 0 Å². The molecule has 17 heavy (non-hydrogen) atoms. The fourth-order valence-electron chi connectivity index (χ4n) is 1.31. The van der Waals surface area contributed by atoms with E-state index in [-0.39, 0.29) is 25.0 Å². The number of hydrogen-bond donors (Lipinski definition) is 2. The number of aliphatic hydroxyl groups is 1. The monoisotopic (exact) mass is 277 g/mol. The summed E-state index contributed by atoms with van der Waals surface area (Å²) in [4.78, 5) is 12.7. The third-order valence-corrected chi connectivity index (χ3v) is 3.70. The van der Waals surface area contributed by atoms with Gasteiger partial charge in [0.2, 0.25) is 5.91 Å². The molecule has 1 aromatic heterocycles. The minimum absolute atomic E-state index is 0.126. The largest absolute Gasteiger partial charge is 0.389 e. The van der Waals surface area contributed by atoms with Crippen LogP contribution in [0, 0.1) is 0 Å². The summed E-state index contributed by atoms with van der Waals surface area (Å²) < 4.78 is 5.43. The number of ether oxygens (including phenoxy) is 1. The molecule has 1 heterocycles. The third-order valence-electron chi connectivity index (χ3n) is 2.29. The molecule has 2 N–H and O–H groups in total. The lowest BCUT2D eigenvalue weighted by Gasteiger charge is -2.13. The maximum Gasteiger partial charge on any atom is 0.228 e. The first kappa shape index (κ1) is 14.4. The van der Waals surface area contributed by atoms with Crippen LogP contribution in [0.5, 0.6) is 0 Å². The Bertz CT molecular complexity index is 369. The van der Waals surface area contributed by atoms with Gasteiger partial charge in [0.15, 0.2) is 0 Å². The van der Waals surface area contributed by atoms with E-state index in [9.17, 15) is 9.90 Å². The Morgan fingerprint density at radius 2 is 2.35 bits per heavy atom. The van der Waals surface area contributed by atoms with Crippen LogP contribution in [0.3, 0.4) is 0 Å². The minimum atomic E-state index is -0.678. The van der Waals surface area contributed by atoms with Crippen molar-refractivity contribution in [1.29, 1.82) is 0 Å². The Morgan fingerprint density at radius 3 is 2.88 bits per heavy atom. The summed E-state index contributed by atoms with van der Waals surface area (Å²) in [6, 6.07) is 3.61. The van der Waals surface area contributed by atoms with Crippen LogP contribution in [0.15, 0.2) is 12.1 Å². The third kappa shape index (κ3) is 4.63. The van der Waals surface area contributed by atoms with Gasteiger partial charge in [-0.05, 0) is 19.1 Å². The lowest BCUT2D eigenvalue weighted by atomic mass is 10.1. The Kier molecular flexibility index (Phi) is 5.91. The Hall–Kier alpha value is -0.620. The van der Waals surface area contributed by atoms with Crippen LogP contribution in [0.2, 0.25) is 4.34 Å². The van der Waals surface area contributed by atoms with Crippen LogP contribution in [0.25, 0.3) is 0 Å². The van der Waals surface area contributed by atoms with E-state index in [0.717, 1.165) is 4.88 Å². The number of methoxy groups -OCH3 is 1. The predicted octanol–water partition coefficient (Wildman–Crippen LogP) is 1.63. The molecular formula is C11H16ClNO3S. The van der Waals surface area contributed by atoms with Gasteiger partial charge in [0.25, 0.3) is 0 Å². The van der Waals surface area contributed by atoms with E-state index in [1.807, 2.05) is 6.07 Å². The summed E-state index contributed by atoms with van der Waals surface area (Å²) in [6.45, 7) is 2.20. The molecule has 2 atom stereocenters. The summed E-state index contributed by atoms with van der Waals surface area (Å²) in [5.41, 5.74) is 0. The number of aliphatic hydroxyl groups excluding tert-OH is 1. The summed E-state index contributed by atoms with van der Waals surface area (Å²) in [7, 11) is 1.50. The normalized spacial score (nSPS) is 14.4. The first-order valence-corrected chi connectivity index (χ1v) is 6.44. The molecule has 0 saturated heterocycles. The summed E-state index contributed by atoms with van der Waals surface area (Å²) in [5.74, 6) is -0.388. The van der Waals surface area contributed by atoms with E-state index in [2.05, 4.69) is 5.32 Å². The van der Waals surface area contributed by atoms with Crippen LogP contribution in [-0.2, 0) is 9.53 Å². The number of carbonyl (C=O) groups is 1. The van der Waals surface area contributed by atoms with E-state index < -0.39 is 6.10 Å². The van der Waals surface area contributed by atoms with Gasteiger partial charge in [0, 0.05) is 18.5 Å². The van der Waals surface area contributed by atoms with E-state index in [4.69, 9.17) is 16.3 Å². The van der Waals surface area contributed by atoms with E-state index in [0.29, 0.717) is 4.34 Å². The number of hydrogen-bond acceptors (Lipinski definition) is 4. The second-order valence-corrected chi connectivity index (χ2v) is 5.46. The molecule has 1 aromatic rings. The number of thiophene rings is 1. The van der Waals surface area contributed by atoms with E-state index in [1.54, 1.807) is 13.0 Å². The Morgan fingerprint density at radius 1 is 1.65 bits per heavy atom. The van der Waals surface area contributed by atoms with Crippen molar-refractivity contribution >= 4 is 28.8 Å². The molecular weight excluding hydrogens is 262 g/mol. The van der Waals surface area contributed by atoms with Crippen molar-refractivity contribution in [2.24, 2.45) is 0 Å². The molecule has 0 aliphatic heterocycles. The molecule has 0 unspecified atom stereocenters. The molecule has 0 aromatic carbocycles. The molecule has 1 rings (SSSR count). The summed E-state index contributed by atoms with van der Waals surface area (Å²) in [5, 5.41) is 12.1. The van der Waals surface area contributed by atoms with Crippen LogP contribution < -0.4 is 5.32 Å². The second-order valence-electron chi connectivity index (χ2n) is 3.72. The van der Waals surface area contributed by atoms with Crippen LogP contribution in [0.4, 0.5) is 0 Å². The van der Waals surface area contributed by atoms with Gasteiger partial charge in [-0.1, -0.05) is 11.6 Å². The lowest BCUT2D eigenvalue weighted by Crippen LogP contribution is -2.36. The number of nitrogens with one attached hydrogen (secondary N) is 1. The van der Waals surface area contributed by atoms with Crippen molar-refractivity contribution in [1.82, 2.24) is 5.32 Å². The van der Waals surface area contributed by atoms with E-state index in [1.165, 1.54) is 18.4 Å². The van der Waals surface area contributed by atoms with Gasteiger partial charge in [-0.25, -0.2) is 0 Å². The molecule has 0 bridgehead atoms. The van der Waals surface area contributed by atoms with E-state index >= 15 is 0 Å². The Labute approximate surface area is 110 Å². The van der Waals surface area contributed by atoms with Gasteiger partial charge in [-0.2, -0.15) is 0 Å². The highest BCUT2D eigenvalue weighted by Crippen LogP contribution is 2.27. The quantitative estimate of drug-likeness (QED) is 0.831. The highest BCUT2D eigenvalue weighted by molar-refractivity contribution is 7.16. The highest BCUT2D eigenvalue weighted by Gasteiger charge is 2.17. The van der Waals surface area contributed by atoms with Crippen molar-refractivity contribution < 1.29 is 14.6 Å². The SMILES string of the molecule is COC[C@@H](O)CNC(=O)[C@@H](C)c1ccc(Cl)s1. The lowest BCUT2D eigenvalue weighted by molar-refractivity contribution is -0.122. The zero-order valence-corrected chi connectivity index (χ0v) is 11.3. The summed E-state index contributed by atoms with van der Waals surface area (Å²) >= 11 is 7.19. The maximum absolute atomic E-state index is 11.8. The molecule has 0 fully saturated rings. The zero-order chi connectivity index (χ0) is 12.8. The molecule has 96 valence electrons. The van der Waals surface area contributed by atoms with Crippen LogP contribution >= 0.6 is 22.9 Å². The fraction of sp³-hybridized carbons (Fsp3) is 0.545. The molecule has 0 aliphatic rings. The molecule has 1 amide bonds. The van der Waals surface area contributed by atoms with Gasteiger partial charge in [0.05, 0.1) is 23.0 Å². The predicted molar refractivity (Wildman–Crippen MR) is 68.6 cm³/mol. The van der Waals surface area contributed by atoms with Crippen LogP contribution in [-0.4, -0.2) is 37.4 Å². The number of carbonyl (C=O) groups excluding carboxylic acids is 1. The van der Waals surface area contributed by atoms with Crippen molar-refractivity contribution in [3.63, 3.8) is 0 Å². The number of halogens is 1. The van der Waals surface area contributed by atoms with Gasteiger partial charge in [-0.15, -0.1) is 11.3 Å². The van der Waals surface area contributed by atoms with Gasteiger partial charge < -0.3 is 15.2 Å². The van der Waals surface area contributed by atoms with Crippen molar-refractivity contribution in [2.75, 3.05) is 20.3 Å². The second kappa shape index (κ2) is 6.96. The number of rotatable bonds is 6. The smallest absolute Gasteiger partial charge is 0.228 e. The van der Waals surface area contributed by atoms with Gasteiger partial charge in [0.1, 0.15) is 0 Å². The molecule has 0 radical (unpaired) electrons. The molecule has 0 spiro atoms. The van der Waals surface area contributed by atoms with Crippen molar-refractivity contribution in [3.05, 3.63) is 21.3 Å². The van der Waals surface area contributed by atoms with Gasteiger partial charge in [-0.3, -0.25) is 4.79 Å². The average molecular weight is 278 g/mol. The first-order valence-electron chi connectivity index (χ1n) is 5.24. The Balaban J connectivity index is 2.42. The highest BCUT2D eigenvalue weighted by atomic mass is 35.5. The fourth-order valence-corrected chi connectivity index (χ4v) is 2.42. The topological polar surface area (TPSA) is 58.6 Å². The first-order chi connectivity index (χ1) is 8.04. The average Bonchev–Trinajstić information content (AvgIpc) is 2.72. The summed E-state index contributed by atoms with van der Waals surface area (Å²) in [6.07, 6.45) is -0.678. The van der Waals surface area contributed by atoms with Crippen molar-refractivity contribution in [3.8, 4) is 0 Å².